The van der Waals surface area contributed by atoms with Gasteiger partial charge in [0, 0.05) is 30.2 Å². The van der Waals surface area contributed by atoms with Crippen molar-refractivity contribution in [2.45, 2.75) is 31.3 Å². The number of nitrogens with one attached hydrogen (secondary N) is 2. The zero-order valence-corrected chi connectivity index (χ0v) is 15.6. The van der Waals surface area contributed by atoms with Crippen molar-refractivity contribution in [1.82, 2.24) is 15.2 Å². The van der Waals surface area contributed by atoms with Gasteiger partial charge in [0.2, 0.25) is 0 Å². The van der Waals surface area contributed by atoms with Gasteiger partial charge in [-0.1, -0.05) is 6.07 Å². The predicted molar refractivity (Wildman–Crippen MR) is 105 cm³/mol. The number of aromatic nitrogens is 1. The number of hydrogen-bond acceptors (Lipinski definition) is 4. The number of fused-ring (bicyclic) bond motifs is 3. The molecule has 0 spiro atoms. The van der Waals surface area contributed by atoms with Gasteiger partial charge in [-0.2, -0.15) is 0 Å². The molecule has 1 aromatic carbocycles. The molecule has 0 unspecified atom stereocenters. The van der Waals surface area contributed by atoms with E-state index in [9.17, 15) is 4.79 Å². The summed E-state index contributed by atoms with van der Waals surface area (Å²) in [6.45, 7) is 2.24. The average molecular weight is 366 g/mol. The van der Waals surface area contributed by atoms with E-state index in [2.05, 4.69) is 26.6 Å². The maximum absolute atomic E-state index is 12.6. The molecule has 2 bridgehead atoms. The Morgan fingerprint density at radius 1 is 1.22 bits per heavy atom. The lowest BCUT2D eigenvalue weighted by atomic mass is 9.77. The summed E-state index contributed by atoms with van der Waals surface area (Å²) >= 11 is 0. The highest BCUT2D eigenvalue weighted by molar-refractivity contribution is 5.89. The number of carbonyl (C=O) groups excluding carboxylic acids is 1. The van der Waals surface area contributed by atoms with Crippen LogP contribution >= 0.6 is 0 Å². The van der Waals surface area contributed by atoms with Crippen LogP contribution in [0.1, 0.15) is 18.4 Å². The van der Waals surface area contributed by atoms with Gasteiger partial charge in [-0.3, -0.25) is 9.88 Å². The number of nitrogens with zero attached hydrogens (tertiary/aromatic N) is 2. The molecule has 0 saturated carbocycles. The Morgan fingerprint density at radius 3 is 2.67 bits per heavy atom. The van der Waals surface area contributed by atoms with Crippen molar-refractivity contribution < 1.29 is 9.53 Å². The number of carbonyl (C=O) groups is 1. The zero-order valence-electron chi connectivity index (χ0n) is 15.6. The monoisotopic (exact) mass is 366 g/mol. The van der Waals surface area contributed by atoms with Gasteiger partial charge >= 0.3 is 6.03 Å². The third-order valence-electron chi connectivity index (χ3n) is 5.78. The number of urea groups is 1. The van der Waals surface area contributed by atoms with Gasteiger partial charge in [0.15, 0.2) is 0 Å². The van der Waals surface area contributed by atoms with E-state index in [1.807, 2.05) is 36.5 Å². The highest BCUT2D eigenvalue weighted by Gasteiger charge is 2.42. The van der Waals surface area contributed by atoms with Crippen LogP contribution in [0.3, 0.4) is 0 Å². The molecule has 142 valence electrons. The molecule has 1 aromatic heterocycles. The third-order valence-corrected chi connectivity index (χ3v) is 5.78. The Kier molecular flexibility index (Phi) is 5.25. The fourth-order valence-corrected chi connectivity index (χ4v) is 4.37. The number of ether oxygens (including phenoxy) is 1. The molecule has 0 aliphatic carbocycles. The van der Waals surface area contributed by atoms with Crippen LogP contribution in [0.4, 0.5) is 10.5 Å². The molecule has 2 N–H and O–H groups in total. The molecular formula is C21H26N4O2. The third kappa shape index (κ3) is 4.06. The summed E-state index contributed by atoms with van der Waals surface area (Å²) < 4.78 is 5.16. The van der Waals surface area contributed by atoms with E-state index in [4.69, 9.17) is 4.74 Å². The number of methoxy groups -OCH3 is 1. The van der Waals surface area contributed by atoms with E-state index in [-0.39, 0.29) is 12.1 Å². The number of pyridine rings is 1. The van der Waals surface area contributed by atoms with Crippen molar-refractivity contribution in [3.63, 3.8) is 0 Å². The lowest BCUT2D eigenvalue weighted by Crippen LogP contribution is -2.64. The van der Waals surface area contributed by atoms with Gasteiger partial charge in [0.05, 0.1) is 7.11 Å². The zero-order chi connectivity index (χ0) is 18.6. The Hall–Kier alpha value is -2.60. The van der Waals surface area contributed by atoms with Crippen molar-refractivity contribution in [1.29, 1.82) is 0 Å². The summed E-state index contributed by atoms with van der Waals surface area (Å²) in [4.78, 5) is 19.4. The fourth-order valence-electron chi connectivity index (χ4n) is 4.37. The molecule has 2 amide bonds. The quantitative estimate of drug-likeness (QED) is 0.854. The molecule has 0 radical (unpaired) electrons. The molecule has 2 atom stereocenters. The Balaban J connectivity index is 1.43. The van der Waals surface area contributed by atoms with Gasteiger partial charge < -0.3 is 15.4 Å². The fraction of sp³-hybridized carbons (Fsp3) is 0.429. The maximum Gasteiger partial charge on any atom is 0.319 e. The molecule has 2 aromatic rings. The number of amides is 2. The van der Waals surface area contributed by atoms with Gasteiger partial charge in [-0.05, 0) is 74.2 Å². The topological polar surface area (TPSA) is 66.5 Å². The molecular weight excluding hydrogens is 340 g/mol. The normalized spacial score (nSPS) is 26.4. The molecule has 5 rings (SSSR count). The highest BCUT2D eigenvalue weighted by atomic mass is 16.5. The van der Waals surface area contributed by atoms with Gasteiger partial charge in [0.25, 0.3) is 0 Å². The van der Waals surface area contributed by atoms with Crippen LogP contribution < -0.4 is 15.4 Å². The second-order valence-electron chi connectivity index (χ2n) is 7.36. The van der Waals surface area contributed by atoms with Crippen LogP contribution in [0.25, 0.3) is 0 Å². The minimum atomic E-state index is -0.143. The van der Waals surface area contributed by atoms with E-state index in [1.54, 1.807) is 13.3 Å². The predicted octanol–water partition coefficient (Wildman–Crippen LogP) is 2.92. The Morgan fingerprint density at radius 2 is 2.00 bits per heavy atom. The molecule has 4 heterocycles. The van der Waals surface area contributed by atoms with Crippen LogP contribution in [0.5, 0.6) is 5.75 Å². The molecule has 6 nitrogen and oxygen atoms in total. The van der Waals surface area contributed by atoms with E-state index in [0.29, 0.717) is 12.0 Å². The summed E-state index contributed by atoms with van der Waals surface area (Å²) in [6, 6.07) is 11.8. The Labute approximate surface area is 159 Å². The van der Waals surface area contributed by atoms with Crippen LogP contribution in [-0.4, -0.2) is 48.2 Å². The van der Waals surface area contributed by atoms with Crippen LogP contribution in [-0.2, 0) is 6.42 Å². The largest absolute Gasteiger partial charge is 0.497 e. The number of benzene rings is 1. The van der Waals surface area contributed by atoms with Gasteiger partial charge in [-0.25, -0.2) is 4.79 Å². The minimum absolute atomic E-state index is 0.143. The molecule has 3 fully saturated rings. The second-order valence-corrected chi connectivity index (χ2v) is 7.36. The summed E-state index contributed by atoms with van der Waals surface area (Å²) in [5, 5.41) is 6.20. The number of hydrogen-bond donors (Lipinski definition) is 2. The molecule has 3 aliphatic rings. The van der Waals surface area contributed by atoms with Crippen LogP contribution in [0.15, 0.2) is 48.8 Å². The molecule has 3 aliphatic heterocycles. The van der Waals surface area contributed by atoms with Crippen LogP contribution in [0.2, 0.25) is 0 Å². The average Bonchev–Trinajstić information content (AvgIpc) is 2.72. The second kappa shape index (κ2) is 7.96. The van der Waals surface area contributed by atoms with E-state index >= 15 is 0 Å². The SMILES string of the molecule is COc1ccc(NC(=O)N[C@@H]2C3CCN(CC3)[C@H]2Cc2cccnc2)cc1. The number of rotatable bonds is 5. The van der Waals surface area contributed by atoms with E-state index in [0.717, 1.165) is 43.8 Å². The summed E-state index contributed by atoms with van der Waals surface area (Å²) in [5.74, 6) is 1.31. The standard InChI is InChI=1S/C21H26N4O2/c1-27-18-6-4-17(5-7-18)23-21(26)24-20-16-8-11-25(12-9-16)19(20)13-15-3-2-10-22-14-15/h2-7,10,14,16,19-20H,8-9,11-13H2,1H3,(H2,23,24,26)/t19-,20+/m0/s1. The first kappa shape index (κ1) is 17.8. The lowest BCUT2D eigenvalue weighted by Gasteiger charge is -2.51. The van der Waals surface area contributed by atoms with Gasteiger partial charge in [0.1, 0.15) is 5.75 Å². The van der Waals surface area contributed by atoms with Crippen molar-refractivity contribution in [2.75, 3.05) is 25.5 Å². The number of piperidine rings is 3. The van der Waals surface area contributed by atoms with Crippen LogP contribution in [0, 0.1) is 5.92 Å². The summed E-state index contributed by atoms with van der Waals surface area (Å²) in [7, 11) is 1.63. The first-order valence-electron chi connectivity index (χ1n) is 9.57. The van der Waals surface area contributed by atoms with Crippen molar-refractivity contribution in [3.8, 4) is 5.75 Å². The van der Waals surface area contributed by atoms with Crippen molar-refractivity contribution in [3.05, 3.63) is 54.4 Å². The first-order chi connectivity index (χ1) is 13.2. The summed E-state index contributed by atoms with van der Waals surface area (Å²) in [5.41, 5.74) is 1.98. The lowest BCUT2D eigenvalue weighted by molar-refractivity contribution is 0.0184. The van der Waals surface area contributed by atoms with Crippen molar-refractivity contribution in [2.24, 2.45) is 5.92 Å². The molecule has 27 heavy (non-hydrogen) atoms. The summed E-state index contributed by atoms with van der Waals surface area (Å²) in [6.07, 6.45) is 6.94. The van der Waals surface area contributed by atoms with Crippen molar-refractivity contribution >= 4 is 11.7 Å². The molecule has 3 saturated heterocycles. The molecule has 6 heteroatoms. The highest BCUT2D eigenvalue weighted by Crippen LogP contribution is 2.34. The maximum atomic E-state index is 12.6. The van der Waals surface area contributed by atoms with E-state index < -0.39 is 0 Å². The van der Waals surface area contributed by atoms with Gasteiger partial charge in [-0.15, -0.1) is 0 Å². The first-order valence-corrected chi connectivity index (χ1v) is 9.57. The Bertz CT molecular complexity index is 758. The number of anilines is 1. The smallest absolute Gasteiger partial charge is 0.319 e. The minimum Gasteiger partial charge on any atom is -0.497 e. The van der Waals surface area contributed by atoms with E-state index in [1.165, 1.54) is 5.56 Å².